The van der Waals surface area contributed by atoms with E-state index in [2.05, 4.69) is 29.1 Å². The van der Waals surface area contributed by atoms with Gasteiger partial charge in [-0.2, -0.15) is 0 Å². The largest absolute Gasteiger partial charge is 0.382 e. The van der Waals surface area contributed by atoms with Crippen molar-refractivity contribution < 1.29 is 0 Å². The number of nitrogens with one attached hydrogen (secondary N) is 1. The minimum atomic E-state index is 0.319. The topological polar surface area (TPSA) is 63.8 Å². The summed E-state index contributed by atoms with van der Waals surface area (Å²) in [7, 11) is 0. The van der Waals surface area contributed by atoms with E-state index in [4.69, 9.17) is 5.73 Å². The van der Waals surface area contributed by atoms with Gasteiger partial charge in [0.25, 0.3) is 0 Å². The Balaban J connectivity index is 2.23. The first-order valence-electron chi connectivity index (χ1n) is 7.34. The fraction of sp³-hybridized carbons (Fsp3) is 0.733. The van der Waals surface area contributed by atoms with E-state index in [9.17, 15) is 0 Å². The summed E-state index contributed by atoms with van der Waals surface area (Å²) < 4.78 is 0. The van der Waals surface area contributed by atoms with Crippen LogP contribution in [0.25, 0.3) is 0 Å². The predicted molar refractivity (Wildman–Crippen MR) is 79.2 cm³/mol. The van der Waals surface area contributed by atoms with Crippen molar-refractivity contribution in [1.82, 2.24) is 9.97 Å². The number of nitrogens with two attached hydrogens (primary N) is 1. The highest BCUT2D eigenvalue weighted by atomic mass is 15.0. The van der Waals surface area contributed by atoms with Crippen LogP contribution < -0.4 is 11.1 Å². The first kappa shape index (κ1) is 14.3. The van der Waals surface area contributed by atoms with Crippen molar-refractivity contribution in [1.29, 1.82) is 0 Å². The second-order valence-electron chi connectivity index (χ2n) is 5.91. The third-order valence-electron chi connectivity index (χ3n) is 4.07. The summed E-state index contributed by atoms with van der Waals surface area (Å²) in [5, 5.41) is 3.41. The van der Waals surface area contributed by atoms with E-state index >= 15 is 0 Å². The smallest absolute Gasteiger partial charge is 0.125 e. The highest BCUT2D eigenvalue weighted by Gasteiger charge is 2.30. The van der Waals surface area contributed by atoms with Gasteiger partial charge in [0.1, 0.15) is 5.82 Å². The van der Waals surface area contributed by atoms with Crippen molar-refractivity contribution in [2.45, 2.75) is 53.0 Å². The van der Waals surface area contributed by atoms with Crippen molar-refractivity contribution in [2.75, 3.05) is 11.9 Å². The summed E-state index contributed by atoms with van der Waals surface area (Å²) in [6.45, 7) is 9.30. The van der Waals surface area contributed by atoms with E-state index < -0.39 is 0 Å². The van der Waals surface area contributed by atoms with Crippen LogP contribution in [0, 0.1) is 25.7 Å². The maximum absolute atomic E-state index is 6.25. The molecule has 3 atom stereocenters. The predicted octanol–water partition coefficient (Wildman–Crippen LogP) is 2.44. The quantitative estimate of drug-likeness (QED) is 0.875. The van der Waals surface area contributed by atoms with Crippen LogP contribution in [-0.4, -0.2) is 22.6 Å². The van der Waals surface area contributed by atoms with Crippen LogP contribution >= 0.6 is 0 Å². The Morgan fingerprint density at radius 3 is 2.58 bits per heavy atom. The van der Waals surface area contributed by atoms with Crippen molar-refractivity contribution in [3.63, 3.8) is 0 Å². The zero-order valence-electron chi connectivity index (χ0n) is 12.5. The van der Waals surface area contributed by atoms with Crippen LogP contribution in [0.1, 0.15) is 43.9 Å². The van der Waals surface area contributed by atoms with E-state index in [1.165, 1.54) is 6.42 Å². The molecule has 1 aliphatic rings. The van der Waals surface area contributed by atoms with Gasteiger partial charge in [0.05, 0.1) is 17.1 Å². The van der Waals surface area contributed by atoms with E-state index in [1.54, 1.807) is 0 Å². The molecular weight excluding hydrogens is 236 g/mol. The first-order valence-corrected chi connectivity index (χ1v) is 7.34. The Morgan fingerprint density at radius 1 is 1.26 bits per heavy atom. The lowest BCUT2D eigenvalue weighted by Gasteiger charge is -2.18. The lowest BCUT2D eigenvalue weighted by Crippen LogP contribution is -2.26. The summed E-state index contributed by atoms with van der Waals surface area (Å²) >= 11 is 0. The maximum Gasteiger partial charge on any atom is 0.125 e. The molecule has 3 N–H and O–H groups in total. The normalized spacial score (nSPS) is 26.7. The Labute approximate surface area is 116 Å². The van der Waals surface area contributed by atoms with Gasteiger partial charge >= 0.3 is 0 Å². The van der Waals surface area contributed by atoms with Crippen LogP contribution in [0.2, 0.25) is 0 Å². The molecule has 1 heterocycles. The number of hydrogen-bond donors (Lipinski definition) is 2. The molecule has 0 spiro atoms. The molecule has 1 aromatic rings. The van der Waals surface area contributed by atoms with Gasteiger partial charge in [0.15, 0.2) is 0 Å². The molecule has 4 nitrogen and oxygen atoms in total. The minimum Gasteiger partial charge on any atom is -0.382 e. The average molecular weight is 262 g/mol. The molecule has 0 saturated heterocycles. The molecule has 106 valence electrons. The average Bonchev–Trinajstić information content (AvgIpc) is 2.62. The van der Waals surface area contributed by atoms with Crippen LogP contribution in [0.15, 0.2) is 0 Å². The molecule has 0 aromatic carbocycles. The van der Waals surface area contributed by atoms with E-state index in [1.807, 2.05) is 13.8 Å². The molecule has 19 heavy (non-hydrogen) atoms. The SMILES string of the molecule is CCNc1c(C)nc(C)nc1C[C@@H]1CC(C)C[C@H]1N. The minimum absolute atomic E-state index is 0.319. The molecule has 1 unspecified atom stereocenters. The zero-order valence-corrected chi connectivity index (χ0v) is 12.5. The van der Waals surface area contributed by atoms with Gasteiger partial charge in [-0.05, 0) is 51.9 Å². The maximum atomic E-state index is 6.25. The highest BCUT2D eigenvalue weighted by Crippen LogP contribution is 2.33. The lowest BCUT2D eigenvalue weighted by atomic mass is 9.96. The van der Waals surface area contributed by atoms with Gasteiger partial charge in [0.2, 0.25) is 0 Å². The molecule has 0 amide bonds. The number of aromatic nitrogens is 2. The van der Waals surface area contributed by atoms with Crippen LogP contribution in [0.3, 0.4) is 0 Å². The van der Waals surface area contributed by atoms with Gasteiger partial charge in [-0.3, -0.25) is 0 Å². The summed E-state index contributed by atoms with van der Waals surface area (Å²) in [6.07, 6.45) is 3.33. The van der Waals surface area contributed by atoms with Gasteiger partial charge in [0, 0.05) is 12.6 Å². The molecule has 0 radical (unpaired) electrons. The standard InChI is InChI=1S/C15H26N4/c1-5-17-15-10(3)18-11(4)19-14(15)8-12-6-9(2)7-13(12)16/h9,12-13,17H,5-8,16H2,1-4H3/t9?,12-,13+/m0/s1. The summed E-state index contributed by atoms with van der Waals surface area (Å²) in [6, 6.07) is 0.319. The van der Waals surface area contributed by atoms with Gasteiger partial charge in [-0.15, -0.1) is 0 Å². The lowest BCUT2D eigenvalue weighted by molar-refractivity contribution is 0.467. The fourth-order valence-corrected chi connectivity index (χ4v) is 3.27. The Bertz CT molecular complexity index is 444. The van der Waals surface area contributed by atoms with Gasteiger partial charge in [-0.25, -0.2) is 9.97 Å². The molecular formula is C15H26N4. The van der Waals surface area contributed by atoms with E-state index in [-0.39, 0.29) is 0 Å². The van der Waals surface area contributed by atoms with Crippen molar-refractivity contribution >= 4 is 5.69 Å². The number of anilines is 1. The molecule has 0 bridgehead atoms. The van der Waals surface area contributed by atoms with Gasteiger partial charge in [-0.1, -0.05) is 6.92 Å². The Hall–Kier alpha value is -1.16. The first-order chi connectivity index (χ1) is 9.01. The Morgan fingerprint density at radius 2 is 2.00 bits per heavy atom. The molecule has 4 heteroatoms. The van der Waals surface area contributed by atoms with Crippen LogP contribution in [0.5, 0.6) is 0 Å². The van der Waals surface area contributed by atoms with Crippen molar-refractivity contribution in [3.05, 3.63) is 17.2 Å². The van der Waals surface area contributed by atoms with Crippen LogP contribution in [0.4, 0.5) is 5.69 Å². The monoisotopic (exact) mass is 262 g/mol. The number of hydrogen-bond acceptors (Lipinski definition) is 4. The van der Waals surface area contributed by atoms with Gasteiger partial charge < -0.3 is 11.1 Å². The van der Waals surface area contributed by atoms with E-state index in [0.29, 0.717) is 12.0 Å². The van der Waals surface area contributed by atoms with Crippen LogP contribution in [-0.2, 0) is 6.42 Å². The molecule has 2 rings (SSSR count). The van der Waals surface area contributed by atoms with E-state index in [0.717, 1.165) is 48.2 Å². The molecule has 1 aromatic heterocycles. The summed E-state index contributed by atoms with van der Waals surface area (Å²) in [5.41, 5.74) is 9.55. The molecule has 1 aliphatic carbocycles. The van der Waals surface area contributed by atoms with Crippen molar-refractivity contribution in [2.24, 2.45) is 17.6 Å². The third-order valence-corrected chi connectivity index (χ3v) is 4.07. The number of aryl methyl sites for hydroxylation is 2. The number of rotatable bonds is 4. The second kappa shape index (κ2) is 5.87. The van der Waals surface area contributed by atoms with Crippen molar-refractivity contribution in [3.8, 4) is 0 Å². The molecule has 0 aliphatic heterocycles. The Kier molecular flexibility index (Phi) is 4.40. The molecule has 1 saturated carbocycles. The summed E-state index contributed by atoms with van der Waals surface area (Å²) in [4.78, 5) is 9.10. The highest BCUT2D eigenvalue weighted by molar-refractivity contribution is 5.52. The fourth-order valence-electron chi connectivity index (χ4n) is 3.27. The number of nitrogens with zero attached hydrogens (tertiary/aromatic N) is 2. The summed E-state index contributed by atoms with van der Waals surface area (Å²) in [5.74, 6) is 2.15. The third kappa shape index (κ3) is 3.24. The second-order valence-corrected chi connectivity index (χ2v) is 5.91. The zero-order chi connectivity index (χ0) is 14.0. The molecule has 1 fully saturated rings.